The van der Waals surface area contributed by atoms with Crippen LogP contribution in [-0.4, -0.2) is 38.8 Å². The first-order valence-electron chi connectivity index (χ1n) is 9.00. The molecule has 0 aliphatic carbocycles. The number of H-pyrrole nitrogens is 1. The van der Waals surface area contributed by atoms with E-state index in [2.05, 4.69) is 21.2 Å². The molecule has 0 aliphatic rings. The minimum absolute atomic E-state index is 0.208. The van der Waals surface area contributed by atoms with E-state index in [4.69, 9.17) is 9.15 Å². The van der Waals surface area contributed by atoms with Crippen molar-refractivity contribution in [1.82, 2.24) is 15.2 Å². The molecule has 144 valence electrons. The number of para-hydroxylation sites is 1. The van der Waals surface area contributed by atoms with E-state index in [0.29, 0.717) is 16.9 Å². The fourth-order valence-corrected chi connectivity index (χ4v) is 3.72. The van der Waals surface area contributed by atoms with Gasteiger partial charge in [-0.2, -0.15) is 0 Å². The van der Waals surface area contributed by atoms with Crippen LogP contribution in [0.1, 0.15) is 11.1 Å². The van der Waals surface area contributed by atoms with Crippen LogP contribution in [-0.2, 0) is 0 Å². The average Bonchev–Trinajstić information content (AvgIpc) is 3.30. The molecule has 6 nitrogen and oxygen atoms in total. The summed E-state index contributed by atoms with van der Waals surface area (Å²) in [6.07, 6.45) is 1.22. The highest BCUT2D eigenvalue weighted by atomic mass is 32.2. The number of ether oxygens (including phenoxy) is 1. The van der Waals surface area contributed by atoms with Crippen LogP contribution in [0, 0.1) is 13.8 Å². The number of benzene rings is 2. The lowest BCUT2D eigenvalue weighted by Crippen LogP contribution is -2.20. The smallest absolute Gasteiger partial charge is 0.276 e. The molecule has 1 atom stereocenters. The predicted molar refractivity (Wildman–Crippen MR) is 110 cm³/mol. The van der Waals surface area contributed by atoms with Crippen molar-refractivity contribution in [2.24, 2.45) is 0 Å². The third-order valence-electron chi connectivity index (χ3n) is 4.26. The Morgan fingerprint density at radius 3 is 2.75 bits per heavy atom. The highest BCUT2D eigenvalue weighted by Gasteiger charge is 2.15. The van der Waals surface area contributed by atoms with Crippen LogP contribution in [0.5, 0.6) is 5.75 Å². The van der Waals surface area contributed by atoms with Gasteiger partial charge in [-0.3, -0.25) is 0 Å². The van der Waals surface area contributed by atoms with Crippen molar-refractivity contribution in [2.45, 2.75) is 25.2 Å². The Morgan fingerprint density at radius 2 is 1.93 bits per heavy atom. The number of fused-ring (bicyclic) bond motifs is 1. The second-order valence-electron chi connectivity index (χ2n) is 6.72. The Hall–Kier alpha value is -2.77. The van der Waals surface area contributed by atoms with Crippen molar-refractivity contribution >= 4 is 22.7 Å². The molecule has 2 heterocycles. The summed E-state index contributed by atoms with van der Waals surface area (Å²) in [5.41, 5.74) is 4.15. The average molecular weight is 395 g/mol. The van der Waals surface area contributed by atoms with E-state index in [9.17, 15) is 5.11 Å². The van der Waals surface area contributed by atoms with Crippen molar-refractivity contribution in [3.8, 4) is 17.2 Å². The van der Waals surface area contributed by atoms with E-state index in [0.717, 1.165) is 33.3 Å². The largest absolute Gasteiger partial charge is 0.491 e. The van der Waals surface area contributed by atoms with E-state index in [1.807, 2.05) is 56.4 Å². The molecule has 2 N–H and O–H groups in total. The van der Waals surface area contributed by atoms with Crippen LogP contribution in [0.25, 0.3) is 22.4 Å². The van der Waals surface area contributed by atoms with Gasteiger partial charge in [0.25, 0.3) is 11.1 Å². The predicted octanol–water partition coefficient (Wildman–Crippen LogP) is 4.37. The molecule has 0 amide bonds. The Balaban J connectivity index is 1.34. The molecule has 0 bridgehead atoms. The van der Waals surface area contributed by atoms with Gasteiger partial charge in [-0.15, -0.1) is 10.2 Å². The van der Waals surface area contributed by atoms with E-state index in [1.54, 1.807) is 0 Å². The van der Waals surface area contributed by atoms with E-state index in [-0.39, 0.29) is 6.61 Å². The third kappa shape index (κ3) is 4.21. The molecule has 0 spiro atoms. The van der Waals surface area contributed by atoms with Gasteiger partial charge in [0.1, 0.15) is 12.4 Å². The van der Waals surface area contributed by atoms with Crippen LogP contribution >= 0.6 is 11.8 Å². The van der Waals surface area contributed by atoms with Gasteiger partial charge >= 0.3 is 0 Å². The number of aliphatic hydroxyl groups is 1. The lowest BCUT2D eigenvalue weighted by atomic mass is 10.1. The fraction of sp³-hybridized carbons (Fsp3) is 0.238. The zero-order valence-corrected chi connectivity index (χ0v) is 16.5. The Kier molecular flexibility index (Phi) is 5.36. The lowest BCUT2D eigenvalue weighted by molar-refractivity contribution is 0.126. The molecular formula is C21H21N3O3S. The van der Waals surface area contributed by atoms with Crippen molar-refractivity contribution in [3.05, 3.63) is 59.8 Å². The van der Waals surface area contributed by atoms with Crippen molar-refractivity contribution in [1.29, 1.82) is 0 Å². The van der Waals surface area contributed by atoms with Gasteiger partial charge in [-0.05, 0) is 43.2 Å². The Morgan fingerprint density at radius 1 is 1.14 bits per heavy atom. The third-order valence-corrected chi connectivity index (χ3v) is 5.23. The molecule has 0 fully saturated rings. The molecule has 0 radical (unpaired) electrons. The molecule has 0 saturated carbocycles. The van der Waals surface area contributed by atoms with Crippen LogP contribution in [0.3, 0.4) is 0 Å². The topological polar surface area (TPSA) is 84.2 Å². The van der Waals surface area contributed by atoms with Crippen molar-refractivity contribution < 1.29 is 14.3 Å². The number of thioether (sulfide) groups is 1. The summed E-state index contributed by atoms with van der Waals surface area (Å²) in [6, 6.07) is 13.9. The first-order valence-corrected chi connectivity index (χ1v) is 9.99. The Bertz CT molecular complexity index is 1070. The number of hydrogen-bond donors (Lipinski definition) is 2. The summed E-state index contributed by atoms with van der Waals surface area (Å²) in [6.45, 7) is 4.25. The summed E-state index contributed by atoms with van der Waals surface area (Å²) in [5.74, 6) is 1.63. The second kappa shape index (κ2) is 8.08. The van der Waals surface area contributed by atoms with Gasteiger partial charge in [0.15, 0.2) is 0 Å². The maximum absolute atomic E-state index is 10.2. The highest BCUT2D eigenvalue weighted by Crippen LogP contribution is 2.29. The number of aliphatic hydroxyl groups excluding tert-OH is 1. The van der Waals surface area contributed by atoms with Crippen molar-refractivity contribution in [3.63, 3.8) is 0 Å². The summed E-state index contributed by atoms with van der Waals surface area (Å²) in [4.78, 5) is 3.20. The van der Waals surface area contributed by atoms with Crippen LogP contribution in [0.2, 0.25) is 0 Å². The fourth-order valence-electron chi connectivity index (χ4n) is 3.05. The number of aromatic nitrogens is 3. The molecule has 4 aromatic rings. The molecule has 0 unspecified atom stereocenters. The lowest BCUT2D eigenvalue weighted by Gasteiger charge is -2.12. The minimum atomic E-state index is -0.644. The molecule has 28 heavy (non-hydrogen) atoms. The van der Waals surface area contributed by atoms with Gasteiger partial charge in [-0.25, -0.2) is 0 Å². The zero-order chi connectivity index (χ0) is 19.5. The number of nitrogens with zero attached hydrogens (tertiary/aromatic N) is 2. The van der Waals surface area contributed by atoms with Crippen LogP contribution in [0.15, 0.2) is 58.3 Å². The molecule has 2 aromatic carbocycles. The van der Waals surface area contributed by atoms with Gasteiger partial charge < -0.3 is 19.2 Å². The summed E-state index contributed by atoms with van der Waals surface area (Å²) < 4.78 is 11.4. The Labute approximate surface area is 166 Å². The normalized spacial score (nSPS) is 12.4. The number of aromatic amines is 1. The zero-order valence-electron chi connectivity index (χ0n) is 15.7. The highest BCUT2D eigenvalue weighted by molar-refractivity contribution is 7.99. The second-order valence-corrected chi connectivity index (χ2v) is 7.69. The van der Waals surface area contributed by atoms with Gasteiger partial charge in [-0.1, -0.05) is 36.0 Å². The summed E-state index contributed by atoms with van der Waals surface area (Å²) in [7, 11) is 0. The molecular weight excluding hydrogens is 374 g/mol. The molecule has 4 rings (SSSR count). The van der Waals surface area contributed by atoms with E-state index < -0.39 is 6.10 Å². The molecule has 7 heteroatoms. The standard InChI is InChI=1S/C21H21N3O3S/c1-13-7-14(2)9-16(8-13)26-11-15(25)12-28-21-24-23-20(27-21)18-10-22-19-6-4-3-5-17(18)19/h3-10,15,22,25H,11-12H2,1-2H3/t15-/m0/s1. The number of hydrogen-bond acceptors (Lipinski definition) is 6. The number of nitrogens with one attached hydrogen (secondary N) is 1. The minimum Gasteiger partial charge on any atom is -0.491 e. The van der Waals surface area contributed by atoms with E-state index in [1.165, 1.54) is 11.8 Å². The summed E-state index contributed by atoms with van der Waals surface area (Å²) in [5, 5.41) is 19.9. The first kappa shape index (κ1) is 18.6. The van der Waals surface area contributed by atoms with Crippen LogP contribution in [0.4, 0.5) is 0 Å². The maximum Gasteiger partial charge on any atom is 0.276 e. The number of aryl methyl sites for hydroxylation is 2. The SMILES string of the molecule is Cc1cc(C)cc(OC[C@H](O)CSc2nnc(-c3c[nH]c4ccccc34)o2)c1. The maximum atomic E-state index is 10.2. The van der Waals surface area contributed by atoms with Crippen LogP contribution < -0.4 is 4.74 Å². The number of rotatable bonds is 7. The monoisotopic (exact) mass is 395 g/mol. The first-order chi connectivity index (χ1) is 13.6. The molecule has 2 aromatic heterocycles. The molecule has 0 aliphatic heterocycles. The quantitative estimate of drug-likeness (QED) is 0.452. The van der Waals surface area contributed by atoms with E-state index >= 15 is 0 Å². The summed E-state index contributed by atoms with van der Waals surface area (Å²) >= 11 is 1.31. The van der Waals surface area contributed by atoms with Gasteiger partial charge in [0, 0.05) is 22.9 Å². The molecule has 0 saturated heterocycles. The van der Waals surface area contributed by atoms with Gasteiger partial charge in [0.2, 0.25) is 0 Å². The van der Waals surface area contributed by atoms with Crippen molar-refractivity contribution in [2.75, 3.05) is 12.4 Å². The van der Waals surface area contributed by atoms with Gasteiger partial charge in [0.05, 0.1) is 11.7 Å².